The lowest BCUT2D eigenvalue weighted by atomic mass is 10.1. The monoisotopic (exact) mass is 326 g/mol. The van der Waals surface area contributed by atoms with Crippen molar-refractivity contribution in [3.8, 4) is 6.07 Å². The first-order valence-corrected chi connectivity index (χ1v) is 8.28. The van der Waals surface area contributed by atoms with Gasteiger partial charge < -0.3 is 5.32 Å². The van der Waals surface area contributed by atoms with E-state index in [0.717, 1.165) is 16.9 Å². The third-order valence-electron chi connectivity index (χ3n) is 3.77. The molecule has 0 unspecified atom stereocenters. The van der Waals surface area contributed by atoms with Crippen LogP contribution in [0.3, 0.4) is 0 Å². The zero-order valence-corrected chi connectivity index (χ0v) is 14.2. The Bertz CT molecular complexity index is 872. The van der Waals surface area contributed by atoms with Crippen molar-refractivity contribution >= 4 is 28.2 Å². The molecule has 0 bridgehead atoms. The Morgan fingerprint density at radius 2 is 2.22 bits per heavy atom. The molecule has 0 aliphatic carbocycles. The van der Waals surface area contributed by atoms with Crippen molar-refractivity contribution in [2.24, 2.45) is 0 Å². The van der Waals surface area contributed by atoms with Gasteiger partial charge in [-0.25, -0.2) is 14.6 Å². The van der Waals surface area contributed by atoms with Crippen molar-refractivity contribution in [1.82, 2.24) is 19.7 Å². The molecule has 7 heteroatoms. The molecule has 0 aliphatic heterocycles. The molecule has 3 rings (SSSR count). The van der Waals surface area contributed by atoms with Gasteiger partial charge in [-0.15, -0.1) is 11.3 Å². The minimum Gasteiger partial charge on any atom is -0.363 e. The lowest BCUT2D eigenvalue weighted by Gasteiger charge is -2.15. The van der Waals surface area contributed by atoms with Crippen LogP contribution in [0, 0.1) is 25.2 Å². The molecule has 0 radical (unpaired) electrons. The quantitative estimate of drug-likeness (QED) is 0.775. The fourth-order valence-corrected chi connectivity index (χ4v) is 3.71. The van der Waals surface area contributed by atoms with E-state index in [1.54, 1.807) is 22.2 Å². The van der Waals surface area contributed by atoms with Crippen LogP contribution in [0.25, 0.3) is 11.0 Å². The number of aromatic nitrogens is 4. The molecule has 0 aliphatic rings. The van der Waals surface area contributed by atoms with Crippen LogP contribution in [0.15, 0.2) is 18.6 Å². The van der Waals surface area contributed by atoms with Gasteiger partial charge in [0.2, 0.25) is 0 Å². The molecule has 1 N–H and O–H groups in total. The van der Waals surface area contributed by atoms with Crippen LogP contribution < -0.4 is 5.32 Å². The molecule has 23 heavy (non-hydrogen) atoms. The summed E-state index contributed by atoms with van der Waals surface area (Å²) < 4.78 is 1.75. The maximum absolute atomic E-state index is 8.73. The predicted octanol–water partition coefficient (Wildman–Crippen LogP) is 3.59. The molecule has 0 fully saturated rings. The van der Waals surface area contributed by atoms with E-state index >= 15 is 0 Å². The number of anilines is 1. The van der Waals surface area contributed by atoms with E-state index in [1.165, 1.54) is 21.6 Å². The standard InChI is InChI=1S/C16H18N6S/c1-10-7-13(12(3)23-10)11(2)21-15-14-8-20-22(6-4-5-17)16(14)19-9-18-15/h7-9,11H,4,6H2,1-3H3,(H,18,19,21)/t11-/m1/s1. The van der Waals surface area contributed by atoms with Crippen LogP contribution in [-0.2, 0) is 6.54 Å². The second-order valence-corrected chi connectivity index (χ2v) is 6.93. The summed E-state index contributed by atoms with van der Waals surface area (Å²) in [5, 5.41) is 17.4. The maximum atomic E-state index is 8.73. The van der Waals surface area contributed by atoms with Crippen LogP contribution in [0.2, 0.25) is 0 Å². The van der Waals surface area contributed by atoms with E-state index in [9.17, 15) is 0 Å². The number of rotatable bonds is 5. The Balaban J connectivity index is 1.90. The Labute approximate surface area is 138 Å². The first-order valence-electron chi connectivity index (χ1n) is 7.47. The number of aryl methyl sites for hydroxylation is 3. The lowest BCUT2D eigenvalue weighted by molar-refractivity contribution is 0.643. The van der Waals surface area contributed by atoms with Crippen LogP contribution in [0.4, 0.5) is 5.82 Å². The molecule has 3 aromatic heterocycles. The third-order valence-corrected chi connectivity index (χ3v) is 4.75. The van der Waals surface area contributed by atoms with Gasteiger partial charge in [0.1, 0.15) is 12.1 Å². The van der Waals surface area contributed by atoms with E-state index in [0.29, 0.717) is 13.0 Å². The molecule has 1 atom stereocenters. The molecule has 118 valence electrons. The van der Waals surface area contributed by atoms with Crippen molar-refractivity contribution in [3.63, 3.8) is 0 Å². The first-order chi connectivity index (χ1) is 11.1. The zero-order chi connectivity index (χ0) is 16.4. The molecule has 3 aromatic rings. The van der Waals surface area contributed by atoms with Crippen LogP contribution in [0.1, 0.15) is 34.7 Å². The van der Waals surface area contributed by atoms with Crippen LogP contribution in [-0.4, -0.2) is 19.7 Å². The number of hydrogen-bond acceptors (Lipinski definition) is 6. The van der Waals surface area contributed by atoms with E-state index in [1.807, 2.05) is 0 Å². The summed E-state index contributed by atoms with van der Waals surface area (Å²) in [4.78, 5) is 11.3. The van der Waals surface area contributed by atoms with E-state index in [-0.39, 0.29) is 6.04 Å². The average molecular weight is 326 g/mol. The summed E-state index contributed by atoms with van der Waals surface area (Å²) in [6, 6.07) is 4.50. The molecule has 0 spiro atoms. The number of nitrogens with zero attached hydrogens (tertiary/aromatic N) is 5. The van der Waals surface area contributed by atoms with E-state index < -0.39 is 0 Å². The lowest BCUT2D eigenvalue weighted by Crippen LogP contribution is -2.09. The van der Waals surface area contributed by atoms with Gasteiger partial charge in [0.05, 0.1) is 36.7 Å². The van der Waals surface area contributed by atoms with E-state index in [2.05, 4.69) is 53.3 Å². The highest BCUT2D eigenvalue weighted by Gasteiger charge is 2.15. The Hall–Kier alpha value is -2.46. The predicted molar refractivity (Wildman–Crippen MR) is 91.4 cm³/mol. The number of fused-ring (bicyclic) bond motifs is 1. The van der Waals surface area contributed by atoms with E-state index in [4.69, 9.17) is 5.26 Å². The summed E-state index contributed by atoms with van der Waals surface area (Å²) in [5.41, 5.74) is 2.04. The highest BCUT2D eigenvalue weighted by atomic mass is 32.1. The first kappa shape index (κ1) is 15.4. The number of thiophene rings is 1. The second kappa shape index (κ2) is 6.34. The largest absolute Gasteiger partial charge is 0.363 e. The summed E-state index contributed by atoms with van der Waals surface area (Å²) >= 11 is 1.81. The summed E-state index contributed by atoms with van der Waals surface area (Å²) in [7, 11) is 0. The van der Waals surface area contributed by atoms with Crippen molar-refractivity contribution < 1.29 is 0 Å². The van der Waals surface area contributed by atoms with Gasteiger partial charge in [0.25, 0.3) is 0 Å². The fraction of sp³-hybridized carbons (Fsp3) is 0.375. The molecule has 0 aromatic carbocycles. The molecular weight excluding hydrogens is 308 g/mol. The average Bonchev–Trinajstić information content (AvgIpc) is 3.09. The molecule has 0 saturated heterocycles. The summed E-state index contributed by atoms with van der Waals surface area (Å²) in [6.07, 6.45) is 3.70. The van der Waals surface area contributed by atoms with Crippen molar-refractivity contribution in [2.75, 3.05) is 5.32 Å². The Morgan fingerprint density at radius 1 is 1.39 bits per heavy atom. The molecule has 0 amide bonds. The van der Waals surface area contributed by atoms with Crippen molar-refractivity contribution in [3.05, 3.63) is 33.9 Å². The highest BCUT2D eigenvalue weighted by molar-refractivity contribution is 7.12. The highest BCUT2D eigenvalue weighted by Crippen LogP contribution is 2.29. The smallest absolute Gasteiger partial charge is 0.163 e. The molecule has 0 saturated carbocycles. The van der Waals surface area contributed by atoms with Gasteiger partial charge in [-0.1, -0.05) is 0 Å². The molecule has 3 heterocycles. The minimum atomic E-state index is 0.153. The van der Waals surface area contributed by atoms with Crippen molar-refractivity contribution in [2.45, 2.75) is 39.8 Å². The minimum absolute atomic E-state index is 0.153. The SMILES string of the molecule is Cc1cc([C@@H](C)Nc2ncnc3c2cnn3CCC#N)c(C)s1. The van der Waals surface area contributed by atoms with Gasteiger partial charge in [-0.3, -0.25) is 0 Å². The van der Waals surface area contributed by atoms with Gasteiger partial charge in [0.15, 0.2) is 5.65 Å². The second-order valence-electron chi connectivity index (χ2n) is 5.47. The molecule has 6 nitrogen and oxygen atoms in total. The number of nitrogens with one attached hydrogen (secondary N) is 1. The Morgan fingerprint density at radius 3 is 2.91 bits per heavy atom. The number of nitriles is 1. The third kappa shape index (κ3) is 3.03. The van der Waals surface area contributed by atoms with Crippen LogP contribution >= 0.6 is 11.3 Å². The van der Waals surface area contributed by atoms with Gasteiger partial charge in [-0.05, 0) is 32.4 Å². The van der Waals surface area contributed by atoms with Crippen LogP contribution in [0.5, 0.6) is 0 Å². The zero-order valence-electron chi connectivity index (χ0n) is 13.4. The summed E-state index contributed by atoms with van der Waals surface area (Å²) in [5.74, 6) is 0.772. The van der Waals surface area contributed by atoms with Gasteiger partial charge in [0, 0.05) is 9.75 Å². The van der Waals surface area contributed by atoms with Gasteiger partial charge >= 0.3 is 0 Å². The number of hydrogen-bond donors (Lipinski definition) is 1. The Kier molecular flexibility index (Phi) is 4.26. The molecular formula is C16H18N6S. The topological polar surface area (TPSA) is 79.4 Å². The normalized spacial score (nSPS) is 12.3. The summed E-state index contributed by atoms with van der Waals surface area (Å²) in [6.45, 7) is 6.92. The maximum Gasteiger partial charge on any atom is 0.163 e. The van der Waals surface area contributed by atoms with Gasteiger partial charge in [-0.2, -0.15) is 10.4 Å². The van der Waals surface area contributed by atoms with Crippen molar-refractivity contribution in [1.29, 1.82) is 5.26 Å². The fourth-order valence-electron chi connectivity index (χ4n) is 2.69.